The first-order chi connectivity index (χ1) is 14.1. The Morgan fingerprint density at radius 3 is 2.21 bits per heavy atom. The van der Waals surface area contributed by atoms with Crippen molar-refractivity contribution in [3.63, 3.8) is 0 Å². The lowest BCUT2D eigenvalue weighted by atomic mass is 10.1. The van der Waals surface area contributed by atoms with Gasteiger partial charge < -0.3 is 14.2 Å². The zero-order valence-electron chi connectivity index (χ0n) is 16.6. The van der Waals surface area contributed by atoms with Crippen LogP contribution in [0.25, 0.3) is 22.5 Å². The zero-order valence-corrected chi connectivity index (χ0v) is 17.4. The minimum atomic E-state index is -0.288. The Kier molecular flexibility index (Phi) is 6.77. The third kappa shape index (κ3) is 4.38. The maximum atomic E-state index is 11.9. The van der Waals surface area contributed by atoms with Gasteiger partial charge in [-0.25, -0.2) is 0 Å². The smallest absolute Gasteiger partial charge is 0.307 e. The second kappa shape index (κ2) is 9.47. The van der Waals surface area contributed by atoms with Crippen molar-refractivity contribution >= 4 is 17.6 Å². The number of hydrogen-bond acceptors (Lipinski definition) is 5. The Balaban J connectivity index is 2.14. The van der Waals surface area contributed by atoms with Crippen LogP contribution in [-0.2, 0) is 16.1 Å². The minimum Gasteiger partial charge on any atom is -0.496 e. The van der Waals surface area contributed by atoms with Crippen molar-refractivity contribution in [3.8, 4) is 34.0 Å². The van der Waals surface area contributed by atoms with E-state index in [9.17, 15) is 4.79 Å². The van der Waals surface area contributed by atoms with Crippen LogP contribution in [-0.4, -0.2) is 36.6 Å². The summed E-state index contributed by atoms with van der Waals surface area (Å²) in [4.78, 5) is 11.9. The van der Waals surface area contributed by atoms with Crippen molar-refractivity contribution in [2.24, 2.45) is 0 Å². The Bertz CT molecular complexity index is 1000. The molecule has 1 heterocycles. The summed E-state index contributed by atoms with van der Waals surface area (Å²) in [5.41, 5.74) is 2.81. The van der Waals surface area contributed by atoms with Gasteiger partial charge in [-0.05, 0) is 31.2 Å². The Hall–Kier alpha value is -2.99. The van der Waals surface area contributed by atoms with E-state index >= 15 is 0 Å². The number of hydrogen-bond donors (Lipinski definition) is 0. The van der Waals surface area contributed by atoms with E-state index in [-0.39, 0.29) is 12.4 Å². The van der Waals surface area contributed by atoms with Crippen LogP contribution in [0.5, 0.6) is 11.5 Å². The number of nitrogens with zero attached hydrogens (tertiary/aromatic N) is 2. The molecule has 0 bridgehead atoms. The maximum absolute atomic E-state index is 11.9. The van der Waals surface area contributed by atoms with Crippen molar-refractivity contribution in [2.45, 2.75) is 19.9 Å². The van der Waals surface area contributed by atoms with E-state index in [1.807, 2.05) is 48.5 Å². The molecule has 0 aliphatic heterocycles. The van der Waals surface area contributed by atoms with Crippen LogP contribution in [0.2, 0.25) is 5.02 Å². The first-order valence-electron chi connectivity index (χ1n) is 9.29. The van der Waals surface area contributed by atoms with Gasteiger partial charge in [0.05, 0.1) is 44.5 Å². The second-order valence-corrected chi connectivity index (χ2v) is 6.57. The summed E-state index contributed by atoms with van der Waals surface area (Å²) < 4.78 is 17.8. The molecule has 0 N–H and O–H groups in total. The molecular weight excluding hydrogens is 392 g/mol. The predicted molar refractivity (Wildman–Crippen MR) is 112 cm³/mol. The van der Waals surface area contributed by atoms with Crippen LogP contribution in [0.4, 0.5) is 0 Å². The quantitative estimate of drug-likeness (QED) is 0.493. The Morgan fingerprint density at radius 2 is 1.59 bits per heavy atom. The van der Waals surface area contributed by atoms with Crippen molar-refractivity contribution < 1.29 is 19.0 Å². The van der Waals surface area contributed by atoms with Crippen molar-refractivity contribution in [3.05, 3.63) is 53.6 Å². The number of aromatic nitrogens is 2. The number of rotatable bonds is 8. The SMILES string of the molecule is CCOC(=O)CCn1nc(-c2ccccc2OC)c(Cl)c1-c1ccccc1OC. The Morgan fingerprint density at radius 1 is 1.00 bits per heavy atom. The molecule has 0 atom stereocenters. The summed E-state index contributed by atoms with van der Waals surface area (Å²) in [6, 6.07) is 15.1. The van der Waals surface area contributed by atoms with Crippen molar-refractivity contribution in [2.75, 3.05) is 20.8 Å². The minimum absolute atomic E-state index is 0.180. The highest BCUT2D eigenvalue weighted by Crippen LogP contribution is 2.42. The van der Waals surface area contributed by atoms with E-state index in [0.29, 0.717) is 41.1 Å². The molecule has 0 saturated heterocycles. The normalized spacial score (nSPS) is 10.6. The molecule has 3 rings (SSSR count). The molecule has 2 aromatic carbocycles. The molecule has 3 aromatic rings. The first-order valence-corrected chi connectivity index (χ1v) is 9.67. The molecule has 6 nitrogen and oxygen atoms in total. The average molecular weight is 415 g/mol. The summed E-state index contributed by atoms with van der Waals surface area (Å²) in [5, 5.41) is 5.17. The zero-order chi connectivity index (χ0) is 20.8. The molecule has 29 heavy (non-hydrogen) atoms. The number of benzene rings is 2. The van der Waals surface area contributed by atoms with Crippen LogP contribution in [0, 0.1) is 0 Å². The summed E-state index contributed by atoms with van der Waals surface area (Å²) in [5.74, 6) is 1.04. The second-order valence-electron chi connectivity index (χ2n) is 6.19. The predicted octanol–water partition coefficient (Wildman–Crippen LogP) is 4.84. The van der Waals surface area contributed by atoms with Crippen LogP contribution >= 0.6 is 11.6 Å². The fourth-order valence-corrected chi connectivity index (χ4v) is 3.48. The number of ether oxygens (including phenoxy) is 3. The lowest BCUT2D eigenvalue weighted by Crippen LogP contribution is -2.11. The summed E-state index contributed by atoms with van der Waals surface area (Å²) in [6.45, 7) is 2.44. The summed E-state index contributed by atoms with van der Waals surface area (Å²) in [6.07, 6.45) is 0.180. The molecular formula is C22H23ClN2O4. The Labute approximate surface area is 175 Å². The van der Waals surface area contributed by atoms with Gasteiger partial charge in [-0.1, -0.05) is 35.9 Å². The maximum Gasteiger partial charge on any atom is 0.307 e. The molecule has 1 aromatic heterocycles. The van der Waals surface area contributed by atoms with Gasteiger partial charge in [0.2, 0.25) is 0 Å². The molecule has 0 unspecified atom stereocenters. The van der Waals surface area contributed by atoms with Gasteiger partial charge in [0.15, 0.2) is 0 Å². The monoisotopic (exact) mass is 414 g/mol. The van der Waals surface area contributed by atoms with Gasteiger partial charge in [0.25, 0.3) is 0 Å². The molecule has 152 valence electrons. The van der Waals surface area contributed by atoms with Gasteiger partial charge in [0.1, 0.15) is 17.2 Å². The van der Waals surface area contributed by atoms with E-state index < -0.39 is 0 Å². The topological polar surface area (TPSA) is 62.6 Å². The van der Waals surface area contributed by atoms with E-state index in [1.165, 1.54) is 0 Å². The van der Waals surface area contributed by atoms with Crippen molar-refractivity contribution in [1.82, 2.24) is 9.78 Å². The number of methoxy groups -OCH3 is 2. The fraction of sp³-hybridized carbons (Fsp3) is 0.273. The molecule has 0 saturated carbocycles. The van der Waals surface area contributed by atoms with Crippen LogP contribution in [0.3, 0.4) is 0 Å². The van der Waals surface area contributed by atoms with Gasteiger partial charge in [-0.2, -0.15) is 5.10 Å². The van der Waals surface area contributed by atoms with E-state index in [2.05, 4.69) is 0 Å². The molecule has 0 aliphatic rings. The highest BCUT2D eigenvalue weighted by Gasteiger charge is 2.23. The van der Waals surface area contributed by atoms with Gasteiger partial charge in [0, 0.05) is 11.1 Å². The van der Waals surface area contributed by atoms with Gasteiger partial charge in [-0.15, -0.1) is 0 Å². The van der Waals surface area contributed by atoms with E-state index in [0.717, 1.165) is 11.1 Å². The molecule has 0 fully saturated rings. The first kappa shape index (κ1) is 20.7. The van der Waals surface area contributed by atoms with Crippen LogP contribution in [0.15, 0.2) is 48.5 Å². The summed E-state index contributed by atoms with van der Waals surface area (Å²) >= 11 is 6.82. The van der Waals surface area contributed by atoms with Gasteiger partial charge >= 0.3 is 5.97 Å². The number of carbonyl (C=O) groups excluding carboxylic acids is 1. The lowest BCUT2D eigenvalue weighted by Gasteiger charge is -2.11. The average Bonchev–Trinajstić information content (AvgIpc) is 3.08. The number of carbonyl (C=O) groups is 1. The molecule has 0 aliphatic carbocycles. The van der Waals surface area contributed by atoms with Crippen LogP contribution < -0.4 is 9.47 Å². The van der Waals surface area contributed by atoms with Crippen LogP contribution in [0.1, 0.15) is 13.3 Å². The number of esters is 1. The van der Waals surface area contributed by atoms with Crippen molar-refractivity contribution in [1.29, 1.82) is 0 Å². The van der Waals surface area contributed by atoms with E-state index in [1.54, 1.807) is 25.8 Å². The summed E-state index contributed by atoms with van der Waals surface area (Å²) in [7, 11) is 3.21. The molecule has 0 amide bonds. The number of para-hydroxylation sites is 2. The highest BCUT2D eigenvalue weighted by molar-refractivity contribution is 6.35. The van der Waals surface area contributed by atoms with Gasteiger partial charge in [-0.3, -0.25) is 9.48 Å². The van der Waals surface area contributed by atoms with E-state index in [4.69, 9.17) is 30.9 Å². The highest BCUT2D eigenvalue weighted by atomic mass is 35.5. The fourth-order valence-electron chi connectivity index (χ4n) is 3.14. The molecule has 0 radical (unpaired) electrons. The molecule has 7 heteroatoms. The third-order valence-corrected chi connectivity index (χ3v) is 4.81. The number of halogens is 1. The lowest BCUT2D eigenvalue weighted by molar-refractivity contribution is -0.143. The molecule has 0 spiro atoms. The number of aryl methyl sites for hydroxylation is 1. The largest absolute Gasteiger partial charge is 0.496 e. The standard InChI is InChI=1S/C22H23ClN2O4/c1-4-29-19(26)13-14-25-22(16-10-6-8-12-18(16)28-3)20(23)21(24-25)15-9-5-7-11-17(15)27-2/h5-12H,4,13-14H2,1-3H3. The third-order valence-electron chi connectivity index (χ3n) is 4.45.